The predicted molar refractivity (Wildman–Crippen MR) is 287 cm³/mol. The summed E-state index contributed by atoms with van der Waals surface area (Å²) in [6, 6.07) is 22.6. The highest BCUT2D eigenvalue weighted by atomic mass is 16.5. The largest absolute Gasteiger partial charge is 0.493 e. The predicted octanol–water partition coefficient (Wildman–Crippen LogP) is 11.5. The molecular weight excluding hydrogens is 903 g/mol. The van der Waals surface area contributed by atoms with E-state index >= 15 is 0 Å². The Morgan fingerprint density at radius 1 is 0.569 bits per heavy atom. The molecule has 13 nitrogen and oxygen atoms in total. The average molecular weight is 976 g/mol. The number of benzene rings is 2. The molecule has 0 aliphatic carbocycles. The number of fused-ring (bicyclic) bond motifs is 2. The molecule has 8 heterocycles. The first-order valence-electron chi connectivity index (χ1n) is 26.3. The van der Waals surface area contributed by atoms with Gasteiger partial charge < -0.3 is 42.5 Å². The van der Waals surface area contributed by atoms with E-state index < -0.39 is 0 Å². The van der Waals surface area contributed by atoms with Gasteiger partial charge in [0.2, 0.25) is 0 Å². The zero-order valence-corrected chi connectivity index (χ0v) is 43.3. The fourth-order valence-corrected chi connectivity index (χ4v) is 10.4. The number of hydrogen-bond acceptors (Lipinski definition) is 13. The van der Waals surface area contributed by atoms with Crippen molar-refractivity contribution in [1.29, 1.82) is 5.26 Å². The molecule has 0 N–H and O–H groups in total. The Hall–Kier alpha value is -6.17. The van der Waals surface area contributed by atoms with Gasteiger partial charge in [0, 0.05) is 62.2 Å². The number of nitrogens with zero attached hydrogens (tertiary/aromatic N) is 7. The summed E-state index contributed by atoms with van der Waals surface area (Å²) in [7, 11) is 5.59. The second kappa shape index (κ2) is 24.5. The van der Waals surface area contributed by atoms with Gasteiger partial charge in [0.05, 0.1) is 51.1 Å². The first kappa shape index (κ1) is 50.8. The number of rotatable bonds is 17. The zero-order chi connectivity index (χ0) is 49.8. The summed E-state index contributed by atoms with van der Waals surface area (Å²) < 4.78 is 35.8. The Morgan fingerprint density at radius 3 is 1.42 bits per heavy atom. The van der Waals surface area contributed by atoms with E-state index in [1.54, 1.807) is 14.2 Å². The fraction of sp³-hybridized carbons (Fsp3) is 0.475. The number of ether oxygens (including phenoxy) is 4. The molecule has 0 amide bonds. The first-order valence-corrected chi connectivity index (χ1v) is 26.3. The molecule has 2 aromatic carbocycles. The molecule has 0 atom stereocenters. The number of hydrogen-bond donors (Lipinski definition) is 0. The van der Waals surface area contributed by atoms with Gasteiger partial charge in [-0.1, -0.05) is 23.3 Å². The number of nitriles is 1. The molecular formula is C59H73N7O6. The molecule has 0 radical (unpaired) electrons. The second-order valence-corrected chi connectivity index (χ2v) is 19.9. The quantitative estimate of drug-likeness (QED) is 0.0636. The number of aromatic nitrogens is 2. The van der Waals surface area contributed by atoms with Crippen LogP contribution in [0.3, 0.4) is 0 Å². The molecule has 4 aromatic heterocycles. The van der Waals surface area contributed by atoms with Gasteiger partial charge >= 0.3 is 0 Å². The van der Waals surface area contributed by atoms with Crippen LogP contribution in [0.15, 0.2) is 80.6 Å². The van der Waals surface area contributed by atoms with Crippen LogP contribution < -0.4 is 18.9 Å². The Bertz CT molecular complexity index is 2860. The molecule has 72 heavy (non-hydrogen) atoms. The van der Waals surface area contributed by atoms with E-state index in [1.165, 1.54) is 63.0 Å². The third-order valence-electron chi connectivity index (χ3n) is 14.5. The van der Waals surface area contributed by atoms with Crippen LogP contribution in [0, 0.1) is 25.2 Å². The molecule has 13 heteroatoms. The third-order valence-corrected chi connectivity index (χ3v) is 14.5. The van der Waals surface area contributed by atoms with E-state index in [9.17, 15) is 0 Å². The number of likely N-dealkylation sites (tertiary alicyclic amines) is 4. The third kappa shape index (κ3) is 13.1. The van der Waals surface area contributed by atoms with Crippen molar-refractivity contribution in [3.05, 3.63) is 94.5 Å². The van der Waals surface area contributed by atoms with Crippen molar-refractivity contribution < 1.29 is 27.8 Å². The van der Waals surface area contributed by atoms with Gasteiger partial charge in [-0.2, -0.15) is 5.26 Å². The SMILES string of the molecule is COc1cc2c(C=C3CCN(C)CC3)cc(-c3ccc(C)o3)nc2cc1OCCCN1CCCC1.COc1cc2c(C=C3CCN(CC#N)CC3)cc(-c3ccc(C)o3)nc2cc1OCCCN1CCCC1. The van der Waals surface area contributed by atoms with E-state index in [-0.39, 0.29) is 0 Å². The lowest BCUT2D eigenvalue weighted by Gasteiger charge is -2.26. The summed E-state index contributed by atoms with van der Waals surface area (Å²) in [5.41, 5.74) is 8.49. The van der Waals surface area contributed by atoms with Crippen LogP contribution in [0.5, 0.6) is 23.0 Å². The summed E-state index contributed by atoms with van der Waals surface area (Å²) in [6.45, 7) is 16.7. The minimum absolute atomic E-state index is 0.492. The Kier molecular flexibility index (Phi) is 17.3. The van der Waals surface area contributed by atoms with Crippen molar-refractivity contribution in [2.75, 3.05) is 106 Å². The highest BCUT2D eigenvalue weighted by Crippen LogP contribution is 2.39. The lowest BCUT2D eigenvalue weighted by Crippen LogP contribution is -2.30. The van der Waals surface area contributed by atoms with Crippen molar-refractivity contribution in [2.45, 2.75) is 78.1 Å². The Balaban J connectivity index is 0.000000178. The van der Waals surface area contributed by atoms with Gasteiger partial charge in [0.1, 0.15) is 22.9 Å². The minimum atomic E-state index is 0.492. The lowest BCUT2D eigenvalue weighted by atomic mass is 9.98. The number of aryl methyl sites for hydroxylation is 2. The van der Waals surface area contributed by atoms with Gasteiger partial charge in [0.25, 0.3) is 0 Å². The molecule has 0 saturated carbocycles. The Labute approximate surface area is 426 Å². The van der Waals surface area contributed by atoms with Crippen molar-refractivity contribution in [2.24, 2.45) is 0 Å². The molecule has 380 valence electrons. The van der Waals surface area contributed by atoms with E-state index in [1.807, 2.05) is 56.3 Å². The van der Waals surface area contributed by atoms with E-state index in [4.69, 9.17) is 43.0 Å². The zero-order valence-electron chi connectivity index (χ0n) is 43.3. The van der Waals surface area contributed by atoms with Crippen LogP contribution >= 0.6 is 0 Å². The number of pyridine rings is 2. The van der Waals surface area contributed by atoms with Crippen molar-refractivity contribution in [3.8, 4) is 52.0 Å². The van der Waals surface area contributed by atoms with Crippen LogP contribution in [-0.2, 0) is 0 Å². The summed E-state index contributed by atoms with van der Waals surface area (Å²) in [5, 5.41) is 11.1. The molecule has 4 saturated heterocycles. The van der Waals surface area contributed by atoms with Crippen molar-refractivity contribution in [3.63, 3.8) is 0 Å². The molecule has 0 bridgehead atoms. The summed E-state index contributed by atoms with van der Waals surface area (Å²) in [4.78, 5) is 19.6. The van der Waals surface area contributed by atoms with Crippen LogP contribution in [0.1, 0.15) is 86.9 Å². The fourth-order valence-electron chi connectivity index (χ4n) is 10.4. The molecule has 4 aliphatic rings. The van der Waals surface area contributed by atoms with Gasteiger partial charge in [0.15, 0.2) is 34.5 Å². The van der Waals surface area contributed by atoms with E-state index in [0.717, 1.165) is 168 Å². The van der Waals surface area contributed by atoms with E-state index in [0.29, 0.717) is 19.8 Å². The number of methoxy groups -OCH3 is 2. The minimum Gasteiger partial charge on any atom is -0.493 e. The molecule has 0 unspecified atom stereocenters. The highest BCUT2D eigenvalue weighted by Gasteiger charge is 2.20. The maximum atomic E-state index is 9.02. The van der Waals surface area contributed by atoms with Crippen LogP contribution in [0.4, 0.5) is 0 Å². The molecule has 0 spiro atoms. The van der Waals surface area contributed by atoms with Crippen LogP contribution in [0.2, 0.25) is 0 Å². The monoisotopic (exact) mass is 976 g/mol. The summed E-state index contributed by atoms with van der Waals surface area (Å²) >= 11 is 0. The maximum absolute atomic E-state index is 9.02. The standard InChI is InChI=1S/C30H36N4O3.C29H37N3O3/c1-22-6-7-28(37-22)27-19-24(18-23-8-14-34(15-9-23)16-10-31)25-20-29(35-2)30(21-26(25)32-27)36-17-5-13-33-11-3-4-12-33;1-21-7-8-27(35-21)26-18-23(17-22-9-14-31(2)15-10-22)24-19-28(33-3)29(20-25(24)30-26)34-16-6-13-32-11-4-5-12-32/h6-7,18-21H,3-5,8-9,11-17H2,1-2H3;7-8,17-20H,4-6,9-16H2,1-3H3. The molecule has 6 aromatic rings. The normalized spacial score (nSPS) is 17.0. The van der Waals surface area contributed by atoms with Crippen molar-refractivity contribution in [1.82, 2.24) is 29.6 Å². The summed E-state index contributed by atoms with van der Waals surface area (Å²) in [6.07, 6.45) is 15.9. The van der Waals surface area contributed by atoms with Crippen LogP contribution in [-0.4, -0.2) is 136 Å². The van der Waals surface area contributed by atoms with Gasteiger partial charge in [-0.25, -0.2) is 9.97 Å². The van der Waals surface area contributed by atoms with E-state index in [2.05, 4.69) is 63.1 Å². The van der Waals surface area contributed by atoms with Gasteiger partial charge in [-0.3, -0.25) is 4.90 Å². The molecule has 10 rings (SSSR count). The maximum Gasteiger partial charge on any atom is 0.163 e. The summed E-state index contributed by atoms with van der Waals surface area (Å²) in [5.74, 6) is 6.24. The smallest absolute Gasteiger partial charge is 0.163 e. The highest BCUT2D eigenvalue weighted by molar-refractivity contribution is 5.94. The molecule has 4 aliphatic heterocycles. The van der Waals surface area contributed by atoms with Crippen LogP contribution in [0.25, 0.3) is 56.9 Å². The average Bonchev–Trinajstić information content (AvgIpc) is 4.26. The number of furan rings is 2. The number of piperidine rings is 2. The van der Waals surface area contributed by atoms with Gasteiger partial charge in [-0.15, -0.1) is 0 Å². The topological polar surface area (TPSA) is 126 Å². The Morgan fingerprint density at radius 2 is 1.01 bits per heavy atom. The van der Waals surface area contributed by atoms with Crippen molar-refractivity contribution >= 4 is 34.0 Å². The second-order valence-electron chi connectivity index (χ2n) is 19.9. The lowest BCUT2D eigenvalue weighted by molar-refractivity contribution is 0.254. The molecule has 4 fully saturated rings. The first-order chi connectivity index (χ1) is 35.2. The van der Waals surface area contributed by atoms with Gasteiger partial charge in [-0.05, 0) is 171 Å².